The molecule has 2 N–H and O–H groups in total. The molecular weight excluding hydrogens is 294 g/mol. The SMILES string of the molecule is CC(C)CC(CO)(CNC(=O)OC(C)(C)C)CC1CCC(C)O1. The van der Waals surface area contributed by atoms with Gasteiger partial charge < -0.3 is 19.9 Å². The van der Waals surface area contributed by atoms with Crippen molar-refractivity contribution in [3.63, 3.8) is 0 Å². The zero-order chi connectivity index (χ0) is 17.7. The highest BCUT2D eigenvalue weighted by molar-refractivity contribution is 5.67. The molecule has 23 heavy (non-hydrogen) atoms. The van der Waals surface area contributed by atoms with Gasteiger partial charge in [-0.3, -0.25) is 0 Å². The molecule has 3 unspecified atom stereocenters. The van der Waals surface area contributed by atoms with Gasteiger partial charge in [-0.25, -0.2) is 4.79 Å². The molecule has 5 nitrogen and oxygen atoms in total. The number of carbonyl (C=O) groups is 1. The third-order valence-corrected chi connectivity index (χ3v) is 4.16. The molecule has 0 saturated carbocycles. The number of amides is 1. The summed E-state index contributed by atoms with van der Waals surface area (Å²) in [5.41, 5.74) is -0.881. The molecule has 0 aromatic rings. The van der Waals surface area contributed by atoms with Crippen molar-refractivity contribution in [1.82, 2.24) is 5.32 Å². The zero-order valence-electron chi connectivity index (χ0n) is 15.6. The Labute approximate surface area is 141 Å². The van der Waals surface area contributed by atoms with Crippen LogP contribution < -0.4 is 5.32 Å². The fraction of sp³-hybridized carbons (Fsp3) is 0.944. The number of ether oxygens (including phenoxy) is 2. The topological polar surface area (TPSA) is 67.8 Å². The maximum absolute atomic E-state index is 12.0. The summed E-state index contributed by atoms with van der Waals surface area (Å²) in [6.45, 7) is 12.3. The maximum atomic E-state index is 12.0. The van der Waals surface area contributed by atoms with E-state index in [9.17, 15) is 9.90 Å². The minimum Gasteiger partial charge on any atom is -0.444 e. The Morgan fingerprint density at radius 1 is 1.35 bits per heavy atom. The highest BCUT2D eigenvalue weighted by Crippen LogP contribution is 2.36. The zero-order valence-corrected chi connectivity index (χ0v) is 15.6. The molecule has 3 atom stereocenters. The van der Waals surface area contributed by atoms with Crippen LogP contribution in [0.3, 0.4) is 0 Å². The molecule has 1 rings (SSSR count). The van der Waals surface area contributed by atoms with Crippen LogP contribution in [-0.2, 0) is 9.47 Å². The minimum absolute atomic E-state index is 0.0369. The third-order valence-electron chi connectivity index (χ3n) is 4.16. The van der Waals surface area contributed by atoms with Gasteiger partial charge in [0.2, 0.25) is 0 Å². The smallest absolute Gasteiger partial charge is 0.407 e. The maximum Gasteiger partial charge on any atom is 0.407 e. The van der Waals surface area contributed by atoms with E-state index in [1.807, 2.05) is 20.8 Å². The third kappa shape index (κ3) is 7.53. The van der Waals surface area contributed by atoms with E-state index in [0.717, 1.165) is 25.7 Å². The Morgan fingerprint density at radius 2 is 2.00 bits per heavy atom. The van der Waals surface area contributed by atoms with Crippen LogP contribution >= 0.6 is 0 Å². The van der Waals surface area contributed by atoms with Gasteiger partial charge in [-0.1, -0.05) is 13.8 Å². The molecule has 0 aromatic heterocycles. The van der Waals surface area contributed by atoms with Crippen LogP contribution in [0.1, 0.15) is 67.2 Å². The van der Waals surface area contributed by atoms with Crippen molar-refractivity contribution < 1.29 is 19.4 Å². The first-order chi connectivity index (χ1) is 10.6. The van der Waals surface area contributed by atoms with Crippen molar-refractivity contribution in [2.24, 2.45) is 11.3 Å². The van der Waals surface area contributed by atoms with E-state index < -0.39 is 11.7 Å². The minimum atomic E-state index is -0.520. The molecule has 1 saturated heterocycles. The number of alkyl carbamates (subject to hydrolysis) is 1. The Bertz CT molecular complexity index is 378. The highest BCUT2D eigenvalue weighted by Gasteiger charge is 2.37. The molecule has 1 amide bonds. The Morgan fingerprint density at radius 3 is 2.43 bits per heavy atom. The van der Waals surface area contributed by atoms with Crippen molar-refractivity contribution in [3.8, 4) is 0 Å². The van der Waals surface area contributed by atoms with Crippen LogP contribution in [0.25, 0.3) is 0 Å². The van der Waals surface area contributed by atoms with Crippen LogP contribution in [0.15, 0.2) is 0 Å². The molecule has 0 aliphatic carbocycles. The van der Waals surface area contributed by atoms with Gasteiger partial charge in [-0.15, -0.1) is 0 Å². The lowest BCUT2D eigenvalue weighted by Crippen LogP contribution is -2.44. The van der Waals surface area contributed by atoms with Crippen LogP contribution in [0, 0.1) is 11.3 Å². The van der Waals surface area contributed by atoms with Crippen molar-refractivity contribution in [2.75, 3.05) is 13.2 Å². The van der Waals surface area contributed by atoms with Gasteiger partial charge in [0.05, 0.1) is 18.8 Å². The van der Waals surface area contributed by atoms with E-state index in [1.165, 1.54) is 0 Å². The molecule has 0 aromatic carbocycles. The Kier molecular flexibility index (Phi) is 7.33. The van der Waals surface area contributed by atoms with E-state index >= 15 is 0 Å². The van der Waals surface area contributed by atoms with Crippen LogP contribution in [0.4, 0.5) is 4.79 Å². The molecule has 0 spiro atoms. The summed E-state index contributed by atoms with van der Waals surface area (Å²) >= 11 is 0. The van der Waals surface area contributed by atoms with Gasteiger partial charge in [0.15, 0.2) is 0 Å². The fourth-order valence-corrected chi connectivity index (χ4v) is 3.37. The molecule has 136 valence electrons. The summed E-state index contributed by atoms with van der Waals surface area (Å²) in [5, 5.41) is 12.9. The van der Waals surface area contributed by atoms with Gasteiger partial charge in [-0.2, -0.15) is 0 Å². The van der Waals surface area contributed by atoms with E-state index in [1.54, 1.807) is 0 Å². The molecular formula is C18H35NO4. The Balaban J connectivity index is 2.68. The van der Waals surface area contributed by atoms with E-state index in [-0.39, 0.29) is 24.2 Å². The average Bonchev–Trinajstić information content (AvgIpc) is 2.78. The Hall–Kier alpha value is -0.810. The summed E-state index contributed by atoms with van der Waals surface area (Å²) in [4.78, 5) is 12.0. The van der Waals surface area contributed by atoms with Gasteiger partial charge in [0.1, 0.15) is 5.60 Å². The van der Waals surface area contributed by atoms with Crippen molar-refractivity contribution in [1.29, 1.82) is 0 Å². The number of aliphatic hydroxyl groups is 1. The molecule has 0 radical (unpaired) electrons. The van der Waals surface area contributed by atoms with E-state index in [0.29, 0.717) is 12.5 Å². The second-order valence-corrected chi connectivity index (χ2v) is 8.46. The van der Waals surface area contributed by atoms with E-state index in [2.05, 4.69) is 26.1 Å². The summed E-state index contributed by atoms with van der Waals surface area (Å²) in [6, 6.07) is 0. The fourth-order valence-electron chi connectivity index (χ4n) is 3.37. The lowest BCUT2D eigenvalue weighted by atomic mass is 9.76. The van der Waals surface area contributed by atoms with Crippen LogP contribution in [0.2, 0.25) is 0 Å². The van der Waals surface area contributed by atoms with Gasteiger partial charge >= 0.3 is 6.09 Å². The summed E-state index contributed by atoms with van der Waals surface area (Å²) in [5.74, 6) is 0.432. The quantitative estimate of drug-likeness (QED) is 0.750. The van der Waals surface area contributed by atoms with Crippen molar-refractivity contribution >= 4 is 6.09 Å². The van der Waals surface area contributed by atoms with Crippen LogP contribution in [0.5, 0.6) is 0 Å². The molecule has 5 heteroatoms. The normalized spacial score (nSPS) is 24.5. The van der Waals surface area contributed by atoms with Gasteiger partial charge in [0, 0.05) is 12.0 Å². The van der Waals surface area contributed by atoms with Gasteiger partial charge in [0.25, 0.3) is 0 Å². The lowest BCUT2D eigenvalue weighted by molar-refractivity contribution is -0.00679. The second kappa shape index (κ2) is 8.34. The molecule has 1 heterocycles. The number of nitrogens with one attached hydrogen (secondary N) is 1. The molecule has 1 aliphatic heterocycles. The molecule has 0 bridgehead atoms. The first-order valence-electron chi connectivity index (χ1n) is 8.78. The average molecular weight is 329 g/mol. The first-order valence-corrected chi connectivity index (χ1v) is 8.78. The van der Waals surface area contributed by atoms with Crippen molar-refractivity contribution in [2.45, 2.75) is 85.0 Å². The predicted octanol–water partition coefficient (Wildman–Crippen LogP) is 3.49. The number of rotatable bonds is 7. The first kappa shape index (κ1) is 20.2. The van der Waals surface area contributed by atoms with E-state index in [4.69, 9.17) is 9.47 Å². The largest absolute Gasteiger partial charge is 0.444 e. The summed E-state index contributed by atoms with van der Waals surface area (Å²) in [6.07, 6.45) is 3.71. The summed E-state index contributed by atoms with van der Waals surface area (Å²) in [7, 11) is 0. The second-order valence-electron chi connectivity index (χ2n) is 8.46. The molecule has 1 fully saturated rings. The monoisotopic (exact) mass is 329 g/mol. The lowest BCUT2D eigenvalue weighted by Gasteiger charge is -2.36. The molecule has 1 aliphatic rings. The number of hydrogen-bond acceptors (Lipinski definition) is 4. The standard InChI is InChI=1S/C18H35NO4/c1-13(2)9-18(12-20,10-15-8-7-14(3)22-15)11-19-16(21)23-17(4,5)6/h13-15,20H,7-12H2,1-6H3,(H,19,21). The number of carbonyl (C=O) groups excluding carboxylic acids is 1. The van der Waals surface area contributed by atoms with Crippen molar-refractivity contribution in [3.05, 3.63) is 0 Å². The van der Waals surface area contributed by atoms with Gasteiger partial charge in [-0.05, 0) is 59.3 Å². The highest BCUT2D eigenvalue weighted by atomic mass is 16.6. The number of hydrogen-bond donors (Lipinski definition) is 2. The van der Waals surface area contributed by atoms with Crippen LogP contribution in [-0.4, -0.2) is 42.2 Å². The predicted molar refractivity (Wildman–Crippen MR) is 91.4 cm³/mol. The summed E-state index contributed by atoms with van der Waals surface area (Å²) < 4.78 is 11.2. The number of aliphatic hydroxyl groups excluding tert-OH is 1.